The Morgan fingerprint density at radius 1 is 1.06 bits per heavy atom. The smallest absolute Gasteiger partial charge is 0.323 e. The Morgan fingerprint density at radius 2 is 1.88 bits per heavy atom. The number of thioether (sulfide) groups is 1. The van der Waals surface area contributed by atoms with Crippen LogP contribution < -0.4 is 14.8 Å². The molecular weight excluding hydrogens is 434 g/mol. The van der Waals surface area contributed by atoms with Gasteiger partial charge in [-0.25, -0.2) is 13.6 Å². The van der Waals surface area contributed by atoms with Crippen molar-refractivity contribution in [3.05, 3.63) is 89.5 Å². The summed E-state index contributed by atoms with van der Waals surface area (Å²) in [4.78, 5) is 14.5. The molecule has 166 valence electrons. The maximum Gasteiger partial charge on any atom is 0.323 e. The lowest BCUT2D eigenvalue weighted by atomic mass is 10.1. The second-order valence-corrected chi connectivity index (χ2v) is 8.35. The number of rotatable bonds is 6. The van der Waals surface area contributed by atoms with Crippen molar-refractivity contribution in [1.82, 2.24) is 4.90 Å². The summed E-state index contributed by atoms with van der Waals surface area (Å²) in [6.45, 7) is 0.941. The Kier molecular flexibility index (Phi) is 6.80. The van der Waals surface area contributed by atoms with Crippen molar-refractivity contribution in [3.63, 3.8) is 0 Å². The third kappa shape index (κ3) is 4.96. The molecule has 5 nitrogen and oxygen atoms in total. The van der Waals surface area contributed by atoms with Gasteiger partial charge in [0, 0.05) is 24.1 Å². The number of hydrogen-bond donors (Lipinski definition) is 1. The first-order valence-electron chi connectivity index (χ1n) is 10.0. The van der Waals surface area contributed by atoms with Gasteiger partial charge >= 0.3 is 6.03 Å². The molecule has 3 aromatic rings. The fraction of sp³-hybridized carbons (Fsp3) is 0.208. The maximum atomic E-state index is 13.5. The first-order valence-corrected chi connectivity index (χ1v) is 11.1. The van der Waals surface area contributed by atoms with Gasteiger partial charge in [0.1, 0.15) is 12.0 Å². The zero-order chi connectivity index (χ0) is 22.5. The lowest BCUT2D eigenvalue weighted by Gasteiger charge is -2.25. The van der Waals surface area contributed by atoms with Crippen LogP contribution >= 0.6 is 11.8 Å². The number of benzene rings is 3. The number of hydrogen-bond acceptors (Lipinski definition) is 4. The van der Waals surface area contributed by atoms with Gasteiger partial charge in [0.2, 0.25) is 0 Å². The van der Waals surface area contributed by atoms with E-state index in [4.69, 9.17) is 9.47 Å². The fourth-order valence-corrected chi connectivity index (χ4v) is 4.66. The number of nitrogens with one attached hydrogen (secondary N) is 1. The number of amides is 2. The highest BCUT2D eigenvalue weighted by atomic mass is 32.2. The summed E-state index contributed by atoms with van der Waals surface area (Å²) in [5, 5.41) is 2.40. The van der Waals surface area contributed by atoms with Gasteiger partial charge in [-0.1, -0.05) is 36.4 Å². The fourth-order valence-electron chi connectivity index (χ4n) is 3.42. The summed E-state index contributed by atoms with van der Waals surface area (Å²) in [5.41, 5.74) is 2.13. The monoisotopic (exact) mass is 456 g/mol. The van der Waals surface area contributed by atoms with E-state index in [1.807, 2.05) is 48.5 Å². The molecule has 1 saturated heterocycles. The van der Waals surface area contributed by atoms with Crippen molar-refractivity contribution in [1.29, 1.82) is 0 Å². The summed E-state index contributed by atoms with van der Waals surface area (Å²) in [6, 6.07) is 18.3. The van der Waals surface area contributed by atoms with Crippen LogP contribution in [0.25, 0.3) is 0 Å². The highest BCUT2D eigenvalue weighted by Crippen LogP contribution is 2.41. The van der Waals surface area contributed by atoms with Gasteiger partial charge in [0.25, 0.3) is 0 Å². The maximum absolute atomic E-state index is 13.5. The Bertz CT molecular complexity index is 1100. The molecule has 0 saturated carbocycles. The molecule has 8 heteroatoms. The molecule has 1 aliphatic heterocycles. The van der Waals surface area contributed by atoms with Crippen molar-refractivity contribution < 1.29 is 23.0 Å². The number of carbonyl (C=O) groups is 1. The van der Waals surface area contributed by atoms with Crippen molar-refractivity contribution in [2.24, 2.45) is 0 Å². The van der Waals surface area contributed by atoms with Crippen LogP contribution in [0.4, 0.5) is 19.3 Å². The number of methoxy groups -OCH3 is 1. The number of halogens is 2. The van der Waals surface area contributed by atoms with E-state index in [1.165, 1.54) is 6.07 Å². The van der Waals surface area contributed by atoms with E-state index in [2.05, 4.69) is 5.32 Å². The van der Waals surface area contributed by atoms with Crippen LogP contribution in [0.5, 0.6) is 11.5 Å². The van der Waals surface area contributed by atoms with Crippen LogP contribution in [0, 0.1) is 11.6 Å². The molecule has 1 atom stereocenters. The second kappa shape index (κ2) is 9.91. The van der Waals surface area contributed by atoms with Gasteiger partial charge < -0.3 is 19.7 Å². The summed E-state index contributed by atoms with van der Waals surface area (Å²) >= 11 is 1.62. The molecule has 0 bridgehead atoms. The van der Waals surface area contributed by atoms with Crippen LogP contribution in [0.3, 0.4) is 0 Å². The largest absolute Gasteiger partial charge is 0.493 e. The van der Waals surface area contributed by atoms with E-state index < -0.39 is 11.6 Å². The van der Waals surface area contributed by atoms with Crippen molar-refractivity contribution in [2.75, 3.05) is 24.7 Å². The Labute approximate surface area is 189 Å². The molecule has 3 aromatic carbocycles. The predicted octanol–water partition coefficient (Wildman–Crippen LogP) is 5.83. The Morgan fingerprint density at radius 3 is 2.62 bits per heavy atom. The number of anilines is 1. The lowest BCUT2D eigenvalue weighted by molar-refractivity contribution is 0.214. The van der Waals surface area contributed by atoms with Gasteiger partial charge in [0.05, 0.1) is 7.11 Å². The minimum absolute atomic E-state index is 0.201. The Hall–Kier alpha value is -3.26. The molecule has 4 rings (SSSR count). The van der Waals surface area contributed by atoms with E-state index in [1.54, 1.807) is 23.8 Å². The standard InChI is InChI=1S/C24H22F2N2O3S/c1-30-22-13-17(7-10-21(22)31-15-16-5-3-2-4-6-16)23-28(11-12-32-23)24(29)27-18-8-9-19(25)20(26)14-18/h2-10,13-14,23H,11-12,15H2,1H3,(H,27,29). The molecule has 0 radical (unpaired) electrons. The number of ether oxygens (including phenoxy) is 2. The molecule has 1 N–H and O–H groups in total. The van der Waals surface area contributed by atoms with Crippen LogP contribution in [0.15, 0.2) is 66.7 Å². The lowest BCUT2D eigenvalue weighted by Crippen LogP contribution is -2.34. The first-order chi connectivity index (χ1) is 15.5. The van der Waals surface area contributed by atoms with E-state index in [0.717, 1.165) is 29.0 Å². The molecule has 0 aromatic heterocycles. The minimum atomic E-state index is -1.01. The van der Waals surface area contributed by atoms with E-state index >= 15 is 0 Å². The van der Waals surface area contributed by atoms with Crippen LogP contribution in [0.1, 0.15) is 16.5 Å². The average molecular weight is 457 g/mol. The first kappa shape index (κ1) is 22.0. The molecule has 1 aliphatic rings. The van der Waals surface area contributed by atoms with Crippen LogP contribution in [-0.2, 0) is 6.61 Å². The minimum Gasteiger partial charge on any atom is -0.493 e. The molecule has 32 heavy (non-hydrogen) atoms. The summed E-state index contributed by atoms with van der Waals surface area (Å²) in [5.74, 6) is -0.0252. The highest BCUT2D eigenvalue weighted by Gasteiger charge is 2.31. The third-order valence-corrected chi connectivity index (χ3v) is 6.29. The van der Waals surface area contributed by atoms with E-state index in [-0.39, 0.29) is 17.1 Å². The second-order valence-electron chi connectivity index (χ2n) is 7.16. The number of carbonyl (C=O) groups excluding carboxylic acids is 1. The van der Waals surface area contributed by atoms with Gasteiger partial charge in [0.15, 0.2) is 23.1 Å². The number of nitrogens with zero attached hydrogens (tertiary/aromatic N) is 1. The Balaban J connectivity index is 1.47. The van der Waals surface area contributed by atoms with Gasteiger partial charge in [-0.05, 0) is 35.4 Å². The molecular formula is C24H22F2N2O3S. The molecule has 1 heterocycles. The van der Waals surface area contributed by atoms with Crippen molar-refractivity contribution >= 4 is 23.5 Å². The van der Waals surface area contributed by atoms with Gasteiger partial charge in [-0.15, -0.1) is 11.8 Å². The molecule has 2 amide bonds. The summed E-state index contributed by atoms with van der Waals surface area (Å²) in [7, 11) is 1.57. The summed E-state index contributed by atoms with van der Waals surface area (Å²) < 4.78 is 38.1. The predicted molar refractivity (Wildman–Crippen MR) is 121 cm³/mol. The van der Waals surface area contributed by atoms with E-state index in [9.17, 15) is 13.6 Å². The van der Waals surface area contributed by atoms with E-state index in [0.29, 0.717) is 24.7 Å². The molecule has 0 aliphatic carbocycles. The topological polar surface area (TPSA) is 50.8 Å². The van der Waals surface area contributed by atoms with Crippen molar-refractivity contribution in [2.45, 2.75) is 12.0 Å². The SMILES string of the molecule is COc1cc(C2SCCN2C(=O)Nc2ccc(F)c(F)c2)ccc1OCc1ccccc1. The van der Waals surface area contributed by atoms with Crippen LogP contribution in [0.2, 0.25) is 0 Å². The summed E-state index contributed by atoms with van der Waals surface area (Å²) in [6.07, 6.45) is 0. The van der Waals surface area contributed by atoms with Gasteiger partial charge in [-0.2, -0.15) is 0 Å². The third-order valence-electron chi connectivity index (χ3n) is 5.03. The number of urea groups is 1. The van der Waals surface area contributed by atoms with Gasteiger partial charge in [-0.3, -0.25) is 0 Å². The van der Waals surface area contributed by atoms with Crippen LogP contribution in [-0.4, -0.2) is 30.3 Å². The molecule has 1 unspecified atom stereocenters. The average Bonchev–Trinajstić information content (AvgIpc) is 3.31. The van der Waals surface area contributed by atoms with Crippen molar-refractivity contribution in [3.8, 4) is 11.5 Å². The quantitative estimate of drug-likeness (QED) is 0.507. The zero-order valence-electron chi connectivity index (χ0n) is 17.4. The zero-order valence-corrected chi connectivity index (χ0v) is 18.2. The highest BCUT2D eigenvalue weighted by molar-refractivity contribution is 7.99. The normalized spacial score (nSPS) is 15.5. The molecule has 1 fully saturated rings. The molecule has 0 spiro atoms.